The Kier molecular flexibility index (Phi) is 5.62. The molecule has 0 aromatic heterocycles. The van der Waals surface area contributed by atoms with Crippen LogP contribution in [0.5, 0.6) is 0 Å². The molecule has 6 heteroatoms. The molecule has 0 bridgehead atoms. The van der Waals surface area contributed by atoms with Gasteiger partial charge in [-0.3, -0.25) is 10.1 Å². The number of benzene rings is 2. The molecule has 0 aliphatic heterocycles. The highest BCUT2D eigenvalue weighted by molar-refractivity contribution is 6.35. The van der Waals surface area contributed by atoms with Crippen LogP contribution in [-0.2, 0) is 4.79 Å². The second-order valence-corrected chi connectivity index (χ2v) is 7.17. The lowest BCUT2D eigenvalue weighted by Crippen LogP contribution is -2.39. The zero-order valence-electron chi connectivity index (χ0n) is 13.7. The normalized spacial score (nSPS) is 16.3. The van der Waals surface area contributed by atoms with Crippen LogP contribution in [0.2, 0.25) is 10.0 Å². The van der Waals surface area contributed by atoms with Crippen molar-refractivity contribution in [2.45, 2.75) is 37.9 Å². The van der Waals surface area contributed by atoms with Gasteiger partial charge < -0.3 is 5.32 Å². The van der Waals surface area contributed by atoms with E-state index in [4.69, 9.17) is 23.2 Å². The zero-order valence-corrected chi connectivity index (χ0v) is 15.2. The summed E-state index contributed by atoms with van der Waals surface area (Å²) in [5.74, 6) is -0.454. The number of carbonyl (C=O) groups excluding carboxylic acids is 1. The maximum Gasteiger partial charge on any atom is 0.241 e. The monoisotopic (exact) mass is 380 g/mol. The Morgan fingerprint density at radius 1 is 1.16 bits per heavy atom. The van der Waals surface area contributed by atoms with E-state index in [1.165, 1.54) is 12.1 Å². The van der Waals surface area contributed by atoms with Crippen molar-refractivity contribution in [2.24, 2.45) is 0 Å². The predicted octanol–water partition coefficient (Wildman–Crippen LogP) is 4.80. The van der Waals surface area contributed by atoms with Gasteiger partial charge in [0.15, 0.2) is 0 Å². The topological polar surface area (TPSA) is 41.1 Å². The van der Waals surface area contributed by atoms with Crippen molar-refractivity contribution in [3.05, 3.63) is 69.5 Å². The van der Waals surface area contributed by atoms with Gasteiger partial charge in [0.25, 0.3) is 0 Å². The fourth-order valence-corrected chi connectivity index (χ4v) is 3.26. The van der Waals surface area contributed by atoms with Crippen molar-refractivity contribution in [1.82, 2.24) is 10.6 Å². The minimum atomic E-state index is -0.594. The molecule has 2 aromatic carbocycles. The fraction of sp³-hybridized carbons (Fsp3) is 0.316. The van der Waals surface area contributed by atoms with Crippen LogP contribution in [0.4, 0.5) is 4.39 Å². The summed E-state index contributed by atoms with van der Waals surface area (Å²) in [5.41, 5.74) is 1.55. The van der Waals surface area contributed by atoms with Crippen LogP contribution in [0.3, 0.4) is 0 Å². The summed E-state index contributed by atoms with van der Waals surface area (Å²) >= 11 is 12.2. The van der Waals surface area contributed by atoms with Crippen LogP contribution in [0, 0.1) is 5.82 Å². The van der Waals surface area contributed by atoms with Crippen LogP contribution in [0.15, 0.2) is 42.5 Å². The van der Waals surface area contributed by atoms with E-state index in [9.17, 15) is 9.18 Å². The molecule has 132 valence electrons. The van der Waals surface area contributed by atoms with Crippen LogP contribution in [0.25, 0.3) is 0 Å². The number of rotatable bonds is 6. The summed E-state index contributed by atoms with van der Waals surface area (Å²) in [6.45, 7) is 1.93. The number of halogens is 3. The summed E-state index contributed by atoms with van der Waals surface area (Å²) in [7, 11) is 0. The molecule has 1 aliphatic carbocycles. The van der Waals surface area contributed by atoms with Crippen LogP contribution in [-0.4, -0.2) is 11.9 Å². The van der Waals surface area contributed by atoms with E-state index < -0.39 is 6.04 Å². The Morgan fingerprint density at radius 3 is 2.44 bits per heavy atom. The van der Waals surface area contributed by atoms with Gasteiger partial charge in [-0.05, 0) is 55.2 Å². The first-order chi connectivity index (χ1) is 11.9. The van der Waals surface area contributed by atoms with Gasteiger partial charge in [0.1, 0.15) is 11.9 Å². The maximum atomic E-state index is 13.2. The van der Waals surface area contributed by atoms with Crippen LogP contribution in [0.1, 0.15) is 43.0 Å². The number of hydrogen-bond donors (Lipinski definition) is 2. The molecule has 25 heavy (non-hydrogen) atoms. The lowest BCUT2D eigenvalue weighted by atomic mass is 10.0. The fourth-order valence-electron chi connectivity index (χ4n) is 2.68. The Labute approximate surface area is 156 Å². The van der Waals surface area contributed by atoms with Gasteiger partial charge in [0, 0.05) is 22.1 Å². The average Bonchev–Trinajstić information content (AvgIpc) is 3.37. The largest absolute Gasteiger partial charge is 0.352 e. The summed E-state index contributed by atoms with van der Waals surface area (Å²) in [6, 6.07) is 10.7. The third-order valence-electron chi connectivity index (χ3n) is 4.23. The molecule has 0 radical (unpaired) electrons. The van der Waals surface area contributed by atoms with Crippen molar-refractivity contribution < 1.29 is 9.18 Å². The van der Waals surface area contributed by atoms with Gasteiger partial charge in [0.05, 0.1) is 0 Å². The molecule has 2 N–H and O–H groups in total. The molecule has 1 amide bonds. The first kappa shape index (κ1) is 18.2. The molecule has 0 unspecified atom stereocenters. The van der Waals surface area contributed by atoms with Crippen molar-refractivity contribution in [3.63, 3.8) is 0 Å². The summed E-state index contributed by atoms with van der Waals surface area (Å²) in [4.78, 5) is 12.7. The van der Waals surface area contributed by atoms with Crippen molar-refractivity contribution in [3.8, 4) is 0 Å². The number of hydrogen-bond acceptors (Lipinski definition) is 2. The van der Waals surface area contributed by atoms with Crippen LogP contribution >= 0.6 is 23.2 Å². The summed E-state index contributed by atoms with van der Waals surface area (Å²) in [5, 5.41) is 7.39. The third-order valence-corrected chi connectivity index (χ3v) is 4.80. The summed E-state index contributed by atoms with van der Waals surface area (Å²) < 4.78 is 13.2. The first-order valence-corrected chi connectivity index (χ1v) is 8.96. The third kappa shape index (κ3) is 4.72. The van der Waals surface area contributed by atoms with E-state index in [1.54, 1.807) is 24.3 Å². The number of amides is 1. The smallest absolute Gasteiger partial charge is 0.241 e. The Hall–Kier alpha value is -1.62. The average molecular weight is 381 g/mol. The van der Waals surface area contributed by atoms with Crippen LogP contribution < -0.4 is 10.6 Å². The van der Waals surface area contributed by atoms with Crippen molar-refractivity contribution in [2.75, 3.05) is 0 Å². The molecule has 3 nitrogen and oxygen atoms in total. The minimum absolute atomic E-state index is 0.119. The van der Waals surface area contributed by atoms with E-state index in [0.29, 0.717) is 15.6 Å². The molecule has 0 saturated heterocycles. The Bertz CT molecular complexity index is 763. The van der Waals surface area contributed by atoms with E-state index in [-0.39, 0.29) is 23.8 Å². The van der Waals surface area contributed by atoms with Gasteiger partial charge in [-0.15, -0.1) is 0 Å². The predicted molar refractivity (Wildman–Crippen MR) is 98.3 cm³/mol. The SMILES string of the molecule is C[C@H](N[C@H](C(=O)NC1CC1)c1ccc(F)cc1)c1ccc(Cl)cc1Cl. The zero-order chi connectivity index (χ0) is 18.0. The maximum absolute atomic E-state index is 13.2. The second kappa shape index (κ2) is 7.73. The Morgan fingerprint density at radius 2 is 1.84 bits per heavy atom. The molecule has 0 heterocycles. The lowest BCUT2D eigenvalue weighted by Gasteiger charge is -2.24. The highest BCUT2D eigenvalue weighted by Gasteiger charge is 2.29. The number of nitrogens with one attached hydrogen (secondary N) is 2. The van der Waals surface area contributed by atoms with Gasteiger partial charge in [-0.2, -0.15) is 0 Å². The van der Waals surface area contributed by atoms with E-state index >= 15 is 0 Å². The van der Waals surface area contributed by atoms with Crippen molar-refractivity contribution in [1.29, 1.82) is 0 Å². The molecule has 1 fully saturated rings. The molecule has 0 spiro atoms. The van der Waals surface area contributed by atoms with Gasteiger partial charge in [0.2, 0.25) is 5.91 Å². The second-order valence-electron chi connectivity index (χ2n) is 6.32. The Balaban J connectivity index is 1.82. The van der Waals surface area contributed by atoms with E-state index in [2.05, 4.69) is 10.6 Å². The van der Waals surface area contributed by atoms with Gasteiger partial charge in [-0.25, -0.2) is 4.39 Å². The van der Waals surface area contributed by atoms with Crippen molar-refractivity contribution >= 4 is 29.1 Å². The quantitative estimate of drug-likeness (QED) is 0.755. The highest BCUT2D eigenvalue weighted by Crippen LogP contribution is 2.29. The standard InChI is InChI=1S/C19H19Cl2FN2O/c1-11(16-9-4-13(20)10-17(16)21)23-18(19(25)24-15-7-8-15)12-2-5-14(22)6-3-12/h2-6,9-11,15,18,23H,7-8H2,1H3,(H,24,25)/t11-,18-/m0/s1. The molecule has 2 atom stereocenters. The minimum Gasteiger partial charge on any atom is -0.352 e. The molecular weight excluding hydrogens is 362 g/mol. The first-order valence-electron chi connectivity index (χ1n) is 8.21. The van der Waals surface area contributed by atoms with E-state index in [0.717, 1.165) is 18.4 Å². The lowest BCUT2D eigenvalue weighted by molar-refractivity contribution is -0.123. The molecule has 1 saturated carbocycles. The molecular formula is C19H19Cl2FN2O. The number of carbonyl (C=O) groups is 1. The highest BCUT2D eigenvalue weighted by atomic mass is 35.5. The van der Waals surface area contributed by atoms with Gasteiger partial charge in [-0.1, -0.05) is 41.4 Å². The van der Waals surface area contributed by atoms with Gasteiger partial charge >= 0.3 is 0 Å². The molecule has 1 aliphatic rings. The van der Waals surface area contributed by atoms with E-state index in [1.807, 2.05) is 13.0 Å². The molecule has 3 rings (SSSR count). The molecule has 2 aromatic rings. The summed E-state index contributed by atoms with van der Waals surface area (Å²) in [6.07, 6.45) is 2.00.